The molecule has 0 N–H and O–H groups in total. The molecule has 0 fully saturated rings. The molecule has 0 aliphatic heterocycles. The zero-order valence-corrected chi connectivity index (χ0v) is 7.74. The second-order valence-corrected chi connectivity index (χ2v) is 3.51. The Morgan fingerprint density at radius 1 is 1.50 bits per heavy atom. The van der Waals surface area contributed by atoms with Crippen molar-refractivity contribution in [2.75, 3.05) is 34.3 Å². The summed E-state index contributed by atoms with van der Waals surface area (Å²) < 4.78 is 5.69. The van der Waals surface area contributed by atoms with Gasteiger partial charge in [0.1, 0.15) is 13.2 Å². The Morgan fingerprint density at radius 2 is 2.08 bits per heavy atom. The van der Waals surface area contributed by atoms with Gasteiger partial charge in [0.2, 0.25) is 0 Å². The molecule has 0 spiro atoms. The molecule has 0 aromatic carbocycles. The molecule has 0 saturated carbocycles. The molecule has 12 heavy (non-hydrogen) atoms. The summed E-state index contributed by atoms with van der Waals surface area (Å²) in [6.07, 6.45) is 2.01. The molecule has 0 aliphatic carbocycles. The van der Waals surface area contributed by atoms with Crippen molar-refractivity contribution in [1.82, 2.24) is 0 Å². The van der Waals surface area contributed by atoms with E-state index in [0.717, 1.165) is 23.4 Å². The first-order valence-electron chi connectivity index (χ1n) is 3.71. The van der Waals surface area contributed by atoms with E-state index in [1.54, 1.807) is 0 Å². The van der Waals surface area contributed by atoms with E-state index >= 15 is 0 Å². The van der Waals surface area contributed by atoms with Gasteiger partial charge in [-0.25, -0.2) is 0 Å². The van der Waals surface area contributed by atoms with E-state index in [-0.39, 0.29) is 0 Å². The summed E-state index contributed by atoms with van der Waals surface area (Å²) >= 11 is 0. The Hall–Kier alpha value is -1.03. The molecule has 0 atom stereocenters. The van der Waals surface area contributed by atoms with E-state index in [4.69, 9.17) is 4.74 Å². The van der Waals surface area contributed by atoms with E-state index in [0.29, 0.717) is 6.61 Å². The summed E-state index contributed by atoms with van der Waals surface area (Å²) in [6, 6.07) is 0. The molecule has 0 rings (SSSR count). The molecule has 0 heterocycles. The Bertz CT molecular complexity index is 170. The number of carboxylic acids is 1. The van der Waals surface area contributed by atoms with Crippen LogP contribution >= 0.6 is 0 Å². The summed E-state index contributed by atoms with van der Waals surface area (Å²) in [5.41, 5.74) is 0. The minimum absolute atomic E-state index is 0.507. The van der Waals surface area contributed by atoms with Crippen molar-refractivity contribution in [3.8, 4) is 0 Å². The van der Waals surface area contributed by atoms with E-state index in [9.17, 15) is 9.90 Å². The van der Waals surface area contributed by atoms with Crippen molar-refractivity contribution in [2.24, 2.45) is 0 Å². The fourth-order valence-corrected chi connectivity index (χ4v) is 0.498. The van der Waals surface area contributed by atoms with Gasteiger partial charge in [0.05, 0.1) is 33.4 Å². The number of carboxylic acid groups (broad SMARTS) is 1. The monoisotopic (exact) mass is 173 g/mol. The molecule has 0 bridgehead atoms. The third-order valence-corrected chi connectivity index (χ3v) is 1.18. The lowest BCUT2D eigenvalue weighted by Gasteiger charge is -2.23. The number of aliphatic carboxylic acids is 1. The zero-order chi connectivity index (χ0) is 9.61. The smallest absolute Gasteiger partial charge is 0.136 e. The molecule has 4 heteroatoms. The number of hydrogen-bond donors (Lipinski definition) is 0. The first kappa shape index (κ1) is 11.0. The maximum Gasteiger partial charge on any atom is 0.136 e. The molecule has 0 aliphatic rings. The molecule has 70 valence electrons. The Balaban J connectivity index is 3.40. The highest BCUT2D eigenvalue weighted by atomic mass is 16.5. The molecular formula is C8H15NO3. The fraction of sp³-hybridized carbons (Fsp3) is 0.625. The van der Waals surface area contributed by atoms with E-state index in [2.05, 4.69) is 0 Å². The number of carbonyl (C=O) groups is 1. The number of likely N-dealkylation sites (N-methyl/N-ethyl adjacent to an activating group) is 1. The van der Waals surface area contributed by atoms with Crippen LogP contribution in [0.3, 0.4) is 0 Å². The summed E-state index contributed by atoms with van der Waals surface area (Å²) in [5.74, 6) is -1.24. The van der Waals surface area contributed by atoms with Gasteiger partial charge < -0.3 is 19.1 Å². The molecule has 0 amide bonds. The van der Waals surface area contributed by atoms with Crippen molar-refractivity contribution in [3.05, 3.63) is 12.3 Å². The van der Waals surface area contributed by atoms with Crippen LogP contribution in [0, 0.1) is 0 Å². The normalized spacial score (nSPS) is 11.9. The Morgan fingerprint density at radius 3 is 2.50 bits per heavy atom. The lowest BCUT2D eigenvalue weighted by Crippen LogP contribution is -2.37. The third-order valence-electron chi connectivity index (χ3n) is 1.18. The number of quaternary nitrogens is 1. The predicted octanol–water partition coefficient (Wildman–Crippen LogP) is -1.03. The molecule has 0 unspecified atom stereocenters. The number of rotatable bonds is 5. The highest BCUT2D eigenvalue weighted by molar-refractivity contribution is 5.77. The number of hydrogen-bond acceptors (Lipinski definition) is 3. The second kappa shape index (κ2) is 4.77. The highest BCUT2D eigenvalue weighted by Gasteiger charge is 2.04. The standard InChI is InChI=1S/C8H15NO3/c1-9(2,3)5-7-12-6-4-8(10)11/h4,6H,5,7H2,1-3H3. The van der Waals surface area contributed by atoms with Crippen molar-refractivity contribution in [1.29, 1.82) is 0 Å². The van der Waals surface area contributed by atoms with Crippen LogP contribution in [0.5, 0.6) is 0 Å². The average Bonchev–Trinajstić information content (AvgIpc) is 1.83. The quantitative estimate of drug-likeness (QED) is 0.231. The minimum Gasteiger partial charge on any atom is -0.545 e. The first-order chi connectivity index (χ1) is 5.42. The van der Waals surface area contributed by atoms with E-state index in [1.807, 2.05) is 21.1 Å². The Labute approximate surface area is 72.6 Å². The SMILES string of the molecule is C[N+](C)(C)CCOC=CC(=O)[O-]. The van der Waals surface area contributed by atoms with Crippen LogP contribution in [0.4, 0.5) is 0 Å². The molecule has 0 radical (unpaired) electrons. The molecule has 4 nitrogen and oxygen atoms in total. The summed E-state index contributed by atoms with van der Waals surface area (Å²) in [7, 11) is 6.10. The topological polar surface area (TPSA) is 49.4 Å². The first-order valence-corrected chi connectivity index (χ1v) is 3.71. The summed E-state index contributed by atoms with van der Waals surface area (Å²) in [5, 5.41) is 9.88. The highest BCUT2D eigenvalue weighted by Crippen LogP contribution is 1.89. The Kier molecular flexibility index (Phi) is 4.36. The fourth-order valence-electron chi connectivity index (χ4n) is 0.498. The van der Waals surface area contributed by atoms with Crippen LogP contribution in [0.1, 0.15) is 0 Å². The maximum absolute atomic E-state index is 9.88. The number of carbonyl (C=O) groups excluding carboxylic acids is 1. The van der Waals surface area contributed by atoms with Crippen LogP contribution in [0.2, 0.25) is 0 Å². The van der Waals surface area contributed by atoms with Gasteiger partial charge in [-0.1, -0.05) is 0 Å². The van der Waals surface area contributed by atoms with Crippen LogP contribution in [0.25, 0.3) is 0 Å². The van der Waals surface area contributed by atoms with Gasteiger partial charge in [-0.05, 0) is 6.08 Å². The summed E-state index contributed by atoms with van der Waals surface area (Å²) in [6.45, 7) is 1.34. The van der Waals surface area contributed by atoms with Crippen molar-refractivity contribution >= 4 is 5.97 Å². The van der Waals surface area contributed by atoms with Gasteiger partial charge in [0, 0.05) is 0 Å². The lowest BCUT2D eigenvalue weighted by molar-refractivity contribution is -0.870. The van der Waals surface area contributed by atoms with Crippen LogP contribution in [-0.2, 0) is 9.53 Å². The van der Waals surface area contributed by atoms with Crippen LogP contribution in [0.15, 0.2) is 12.3 Å². The minimum atomic E-state index is -1.24. The predicted molar refractivity (Wildman–Crippen MR) is 43.0 cm³/mol. The molecule has 0 aromatic heterocycles. The van der Waals surface area contributed by atoms with Gasteiger partial charge in [-0.15, -0.1) is 0 Å². The molecule has 0 aromatic rings. The maximum atomic E-state index is 9.88. The van der Waals surface area contributed by atoms with Gasteiger partial charge in [0.25, 0.3) is 0 Å². The van der Waals surface area contributed by atoms with Crippen LogP contribution in [-0.4, -0.2) is 44.7 Å². The molecular weight excluding hydrogens is 158 g/mol. The van der Waals surface area contributed by atoms with E-state index < -0.39 is 5.97 Å². The van der Waals surface area contributed by atoms with Crippen molar-refractivity contribution in [2.45, 2.75) is 0 Å². The lowest BCUT2D eigenvalue weighted by atomic mass is 10.5. The second-order valence-electron chi connectivity index (χ2n) is 3.51. The van der Waals surface area contributed by atoms with E-state index in [1.165, 1.54) is 0 Å². The number of nitrogens with zero attached hydrogens (tertiary/aromatic N) is 1. The van der Waals surface area contributed by atoms with Gasteiger partial charge in [0.15, 0.2) is 0 Å². The van der Waals surface area contributed by atoms with Gasteiger partial charge >= 0.3 is 0 Å². The van der Waals surface area contributed by atoms with Crippen molar-refractivity contribution in [3.63, 3.8) is 0 Å². The zero-order valence-electron chi connectivity index (χ0n) is 7.74. The molecule has 0 saturated heterocycles. The van der Waals surface area contributed by atoms with Crippen molar-refractivity contribution < 1.29 is 19.1 Å². The average molecular weight is 173 g/mol. The van der Waals surface area contributed by atoms with Gasteiger partial charge in [-0.3, -0.25) is 0 Å². The third kappa shape index (κ3) is 8.97. The largest absolute Gasteiger partial charge is 0.545 e. The van der Waals surface area contributed by atoms with Crippen LogP contribution < -0.4 is 5.11 Å². The van der Waals surface area contributed by atoms with Gasteiger partial charge in [-0.2, -0.15) is 0 Å². The summed E-state index contributed by atoms with van der Waals surface area (Å²) in [4.78, 5) is 9.88. The number of ether oxygens (including phenoxy) is 1.